The van der Waals surface area contributed by atoms with E-state index >= 15 is 0 Å². The fourth-order valence-electron chi connectivity index (χ4n) is 2.21. The van der Waals surface area contributed by atoms with E-state index in [1.807, 2.05) is 6.08 Å². The second-order valence-corrected chi connectivity index (χ2v) is 4.51. The topological polar surface area (TPSA) is 15.3 Å². The maximum Gasteiger partial charge on any atom is 0.0132 e. The molecular weight excluding hydrogens is 172 g/mol. The Hall–Kier alpha value is -0.340. The van der Waals surface area contributed by atoms with Crippen LogP contribution in [-0.2, 0) is 0 Å². The van der Waals surface area contributed by atoms with Crippen molar-refractivity contribution in [3.05, 3.63) is 12.7 Å². The van der Waals surface area contributed by atoms with Gasteiger partial charge in [0, 0.05) is 25.7 Å². The number of nitrogens with zero attached hydrogens (tertiary/aromatic N) is 1. The van der Waals surface area contributed by atoms with E-state index in [-0.39, 0.29) is 0 Å². The Labute approximate surface area is 88.4 Å². The van der Waals surface area contributed by atoms with Gasteiger partial charge in [-0.1, -0.05) is 13.0 Å². The van der Waals surface area contributed by atoms with E-state index in [0.29, 0.717) is 0 Å². The molecule has 0 aromatic carbocycles. The molecule has 1 rings (SSSR count). The Bertz CT molecular complexity index is 168. The molecule has 1 aliphatic rings. The van der Waals surface area contributed by atoms with Crippen molar-refractivity contribution in [1.29, 1.82) is 0 Å². The highest BCUT2D eigenvalue weighted by Gasteiger charge is 2.21. The molecule has 2 atom stereocenters. The van der Waals surface area contributed by atoms with Gasteiger partial charge >= 0.3 is 0 Å². The highest BCUT2D eigenvalue weighted by atomic mass is 15.2. The largest absolute Gasteiger partial charge is 0.312 e. The fourth-order valence-corrected chi connectivity index (χ4v) is 2.21. The summed E-state index contributed by atoms with van der Waals surface area (Å²) in [6, 6.07) is 0.768. The van der Waals surface area contributed by atoms with Gasteiger partial charge in [-0.25, -0.2) is 0 Å². The summed E-state index contributed by atoms with van der Waals surface area (Å²) < 4.78 is 0. The van der Waals surface area contributed by atoms with Crippen molar-refractivity contribution in [1.82, 2.24) is 10.2 Å². The van der Waals surface area contributed by atoms with Crippen LogP contribution in [0.1, 0.15) is 26.7 Å². The second-order valence-electron chi connectivity index (χ2n) is 4.51. The molecule has 1 aliphatic heterocycles. The number of piperidine rings is 1. The number of hydrogen-bond acceptors (Lipinski definition) is 2. The molecule has 2 unspecified atom stereocenters. The second kappa shape index (κ2) is 6.20. The third-order valence-electron chi connectivity index (χ3n) is 3.14. The van der Waals surface area contributed by atoms with Crippen molar-refractivity contribution in [2.75, 3.05) is 26.2 Å². The first-order valence-electron chi connectivity index (χ1n) is 5.79. The minimum Gasteiger partial charge on any atom is -0.312 e. The van der Waals surface area contributed by atoms with Gasteiger partial charge in [-0.2, -0.15) is 0 Å². The molecule has 2 nitrogen and oxygen atoms in total. The lowest BCUT2D eigenvalue weighted by Crippen LogP contribution is -2.43. The number of nitrogens with one attached hydrogen (secondary N) is 1. The van der Waals surface area contributed by atoms with Crippen molar-refractivity contribution >= 4 is 0 Å². The van der Waals surface area contributed by atoms with Gasteiger partial charge in [0.2, 0.25) is 0 Å². The minimum absolute atomic E-state index is 0.768. The number of likely N-dealkylation sites (tertiary alicyclic amines) is 1. The maximum atomic E-state index is 3.69. The van der Waals surface area contributed by atoms with E-state index in [4.69, 9.17) is 0 Å². The van der Waals surface area contributed by atoms with Crippen LogP contribution in [0.2, 0.25) is 0 Å². The average Bonchev–Trinajstić information content (AvgIpc) is 2.15. The minimum atomic E-state index is 0.768. The summed E-state index contributed by atoms with van der Waals surface area (Å²) in [5, 5.41) is 3.35. The van der Waals surface area contributed by atoms with Crippen LogP contribution >= 0.6 is 0 Å². The van der Waals surface area contributed by atoms with Crippen LogP contribution in [0.4, 0.5) is 0 Å². The molecule has 0 saturated carbocycles. The Morgan fingerprint density at radius 3 is 2.93 bits per heavy atom. The van der Waals surface area contributed by atoms with E-state index in [2.05, 4.69) is 30.6 Å². The summed E-state index contributed by atoms with van der Waals surface area (Å²) in [4.78, 5) is 2.59. The Morgan fingerprint density at radius 2 is 2.29 bits per heavy atom. The van der Waals surface area contributed by atoms with Crippen LogP contribution in [0, 0.1) is 5.92 Å². The molecule has 1 saturated heterocycles. The van der Waals surface area contributed by atoms with E-state index in [0.717, 1.165) is 25.0 Å². The number of rotatable bonds is 5. The predicted molar refractivity (Wildman–Crippen MR) is 62.5 cm³/mol. The monoisotopic (exact) mass is 196 g/mol. The van der Waals surface area contributed by atoms with Crippen LogP contribution in [-0.4, -0.2) is 37.1 Å². The van der Waals surface area contributed by atoms with Crippen LogP contribution < -0.4 is 5.32 Å². The van der Waals surface area contributed by atoms with E-state index in [1.54, 1.807) is 0 Å². The lowest BCUT2D eigenvalue weighted by atomic mass is 9.93. The van der Waals surface area contributed by atoms with E-state index in [1.165, 1.54) is 25.9 Å². The van der Waals surface area contributed by atoms with Gasteiger partial charge in [0.15, 0.2) is 0 Å². The lowest BCUT2D eigenvalue weighted by Gasteiger charge is -2.36. The quantitative estimate of drug-likeness (QED) is 0.533. The normalized spacial score (nSPS) is 29.0. The van der Waals surface area contributed by atoms with Gasteiger partial charge in [-0.3, -0.25) is 4.90 Å². The van der Waals surface area contributed by atoms with Crippen LogP contribution in [0.3, 0.4) is 0 Å². The Balaban J connectivity index is 2.14. The van der Waals surface area contributed by atoms with E-state index < -0.39 is 0 Å². The van der Waals surface area contributed by atoms with Crippen LogP contribution in [0.5, 0.6) is 0 Å². The summed E-state index contributed by atoms with van der Waals surface area (Å²) in [7, 11) is 0. The average molecular weight is 196 g/mol. The SMILES string of the molecule is C=CCNCCN1CCC(C)CC1C. The van der Waals surface area contributed by atoms with Crippen molar-refractivity contribution in [3.8, 4) is 0 Å². The molecular formula is C12H24N2. The fraction of sp³-hybridized carbons (Fsp3) is 0.833. The highest BCUT2D eigenvalue weighted by molar-refractivity contribution is 4.78. The zero-order valence-electron chi connectivity index (χ0n) is 9.63. The molecule has 1 fully saturated rings. The van der Waals surface area contributed by atoms with Crippen molar-refractivity contribution < 1.29 is 0 Å². The van der Waals surface area contributed by atoms with Gasteiger partial charge in [0.25, 0.3) is 0 Å². The molecule has 0 amide bonds. The molecule has 2 heteroatoms. The molecule has 1 N–H and O–H groups in total. The molecule has 1 heterocycles. The van der Waals surface area contributed by atoms with Crippen molar-refractivity contribution in [2.24, 2.45) is 5.92 Å². The molecule has 0 aliphatic carbocycles. The maximum absolute atomic E-state index is 3.69. The van der Waals surface area contributed by atoms with Gasteiger partial charge in [0.1, 0.15) is 0 Å². The van der Waals surface area contributed by atoms with Gasteiger partial charge in [-0.15, -0.1) is 6.58 Å². The first-order valence-corrected chi connectivity index (χ1v) is 5.79. The zero-order chi connectivity index (χ0) is 10.4. The van der Waals surface area contributed by atoms with E-state index in [9.17, 15) is 0 Å². The highest BCUT2D eigenvalue weighted by Crippen LogP contribution is 2.21. The predicted octanol–water partition coefficient (Wildman–Crippen LogP) is 1.88. The van der Waals surface area contributed by atoms with Crippen LogP contribution in [0.15, 0.2) is 12.7 Å². The number of hydrogen-bond donors (Lipinski definition) is 1. The lowest BCUT2D eigenvalue weighted by molar-refractivity contribution is 0.131. The summed E-state index contributed by atoms with van der Waals surface area (Å²) in [6.07, 6.45) is 4.65. The smallest absolute Gasteiger partial charge is 0.0132 e. The first-order chi connectivity index (χ1) is 6.74. The Morgan fingerprint density at radius 1 is 1.50 bits per heavy atom. The van der Waals surface area contributed by atoms with Gasteiger partial charge in [-0.05, 0) is 32.2 Å². The van der Waals surface area contributed by atoms with Gasteiger partial charge < -0.3 is 5.32 Å². The molecule has 0 bridgehead atoms. The standard InChI is InChI=1S/C12H24N2/c1-4-6-13-7-9-14-8-5-11(2)10-12(14)3/h4,11-13H,1,5-10H2,2-3H3. The summed E-state index contributed by atoms with van der Waals surface area (Å²) >= 11 is 0. The third kappa shape index (κ3) is 3.81. The van der Waals surface area contributed by atoms with Crippen LogP contribution in [0.25, 0.3) is 0 Å². The molecule has 82 valence electrons. The van der Waals surface area contributed by atoms with Crippen molar-refractivity contribution in [3.63, 3.8) is 0 Å². The molecule has 0 radical (unpaired) electrons. The third-order valence-corrected chi connectivity index (χ3v) is 3.14. The first kappa shape index (κ1) is 11.7. The molecule has 0 aromatic rings. The zero-order valence-corrected chi connectivity index (χ0v) is 9.63. The summed E-state index contributed by atoms with van der Waals surface area (Å²) in [5.41, 5.74) is 0. The Kier molecular flexibility index (Phi) is 5.20. The molecule has 0 spiro atoms. The molecule has 14 heavy (non-hydrogen) atoms. The summed E-state index contributed by atoms with van der Waals surface area (Å²) in [5.74, 6) is 0.919. The van der Waals surface area contributed by atoms with Crippen molar-refractivity contribution in [2.45, 2.75) is 32.7 Å². The molecule has 0 aromatic heterocycles. The van der Waals surface area contributed by atoms with Gasteiger partial charge in [0.05, 0.1) is 0 Å². The summed E-state index contributed by atoms with van der Waals surface area (Å²) in [6.45, 7) is 12.9.